The Balaban J connectivity index is 1.95. The highest BCUT2D eigenvalue weighted by Crippen LogP contribution is 2.15. The Morgan fingerprint density at radius 3 is 2.80 bits per heavy atom. The van der Waals surface area contributed by atoms with Gasteiger partial charge in [-0.25, -0.2) is 9.78 Å². The van der Waals surface area contributed by atoms with Crippen LogP contribution in [-0.4, -0.2) is 31.2 Å². The van der Waals surface area contributed by atoms with E-state index in [1.807, 2.05) is 6.07 Å². The van der Waals surface area contributed by atoms with Gasteiger partial charge in [-0.1, -0.05) is 0 Å². The Labute approximate surface area is 113 Å². The molecule has 7 heteroatoms. The zero-order chi connectivity index (χ0) is 13.9. The second-order valence-corrected chi connectivity index (χ2v) is 4.01. The highest BCUT2D eigenvalue weighted by atomic mass is 16.4. The van der Waals surface area contributed by atoms with Gasteiger partial charge in [0.15, 0.2) is 0 Å². The molecule has 0 fully saturated rings. The fourth-order valence-electron chi connectivity index (χ4n) is 1.69. The fourth-order valence-corrected chi connectivity index (χ4v) is 1.69. The van der Waals surface area contributed by atoms with E-state index in [1.165, 1.54) is 12.1 Å². The van der Waals surface area contributed by atoms with E-state index in [1.54, 1.807) is 24.5 Å². The number of fused-ring (bicyclic) bond motifs is 1. The third kappa shape index (κ3) is 2.37. The summed E-state index contributed by atoms with van der Waals surface area (Å²) in [6, 6.07) is 8.13. The lowest BCUT2D eigenvalue weighted by atomic mass is 10.2. The van der Waals surface area contributed by atoms with E-state index in [0.29, 0.717) is 17.0 Å². The van der Waals surface area contributed by atoms with E-state index >= 15 is 0 Å². The van der Waals surface area contributed by atoms with Crippen LogP contribution in [0, 0.1) is 0 Å². The molecular weight excluding hydrogens is 258 g/mol. The van der Waals surface area contributed by atoms with Gasteiger partial charge in [0.25, 0.3) is 0 Å². The lowest BCUT2D eigenvalue weighted by Gasteiger charge is -2.04. The minimum absolute atomic E-state index is 0.154. The van der Waals surface area contributed by atoms with Crippen molar-refractivity contribution in [3.63, 3.8) is 0 Å². The van der Waals surface area contributed by atoms with Crippen LogP contribution in [0.5, 0.6) is 0 Å². The average molecular weight is 267 g/mol. The van der Waals surface area contributed by atoms with Crippen LogP contribution < -0.4 is 5.32 Å². The van der Waals surface area contributed by atoms with Gasteiger partial charge in [-0.15, -0.1) is 10.2 Å². The molecule has 98 valence electrons. The molecule has 3 rings (SSSR count). The van der Waals surface area contributed by atoms with Gasteiger partial charge in [0.2, 0.25) is 5.95 Å². The molecule has 0 unspecified atom stereocenters. The van der Waals surface area contributed by atoms with Crippen LogP contribution in [0.25, 0.3) is 11.0 Å². The number of nitrogens with zero attached hydrogens (tertiary/aromatic N) is 4. The molecule has 0 amide bonds. The summed E-state index contributed by atoms with van der Waals surface area (Å²) in [5.74, 6) is -0.681. The van der Waals surface area contributed by atoms with Gasteiger partial charge in [-0.2, -0.15) is 0 Å². The first-order valence-electron chi connectivity index (χ1n) is 5.77. The molecule has 2 heterocycles. The third-order valence-corrected chi connectivity index (χ3v) is 2.62. The zero-order valence-corrected chi connectivity index (χ0v) is 10.2. The molecule has 1 aromatic carbocycles. The average Bonchev–Trinajstić information content (AvgIpc) is 2.47. The molecule has 3 aromatic rings. The van der Waals surface area contributed by atoms with Crippen molar-refractivity contribution in [2.24, 2.45) is 0 Å². The van der Waals surface area contributed by atoms with Crippen LogP contribution in [0.4, 0.5) is 11.6 Å². The third-order valence-electron chi connectivity index (χ3n) is 2.62. The Kier molecular flexibility index (Phi) is 2.92. The van der Waals surface area contributed by atoms with Gasteiger partial charge < -0.3 is 10.4 Å². The number of benzene rings is 1. The summed E-state index contributed by atoms with van der Waals surface area (Å²) in [5, 5.41) is 19.7. The van der Waals surface area contributed by atoms with Crippen LogP contribution >= 0.6 is 0 Å². The van der Waals surface area contributed by atoms with Crippen molar-refractivity contribution in [3.05, 3.63) is 48.3 Å². The van der Waals surface area contributed by atoms with E-state index in [-0.39, 0.29) is 5.56 Å². The van der Waals surface area contributed by atoms with Crippen LogP contribution in [0.1, 0.15) is 10.4 Å². The molecule has 0 aliphatic heterocycles. The Morgan fingerprint density at radius 1 is 1.15 bits per heavy atom. The number of anilines is 2. The van der Waals surface area contributed by atoms with Crippen molar-refractivity contribution >= 4 is 28.6 Å². The molecule has 0 saturated heterocycles. The summed E-state index contributed by atoms with van der Waals surface area (Å²) in [4.78, 5) is 19.1. The second-order valence-electron chi connectivity index (χ2n) is 4.01. The summed E-state index contributed by atoms with van der Waals surface area (Å²) in [5.41, 5.74) is 1.90. The summed E-state index contributed by atoms with van der Waals surface area (Å²) >= 11 is 0. The smallest absolute Gasteiger partial charge is 0.335 e. The van der Waals surface area contributed by atoms with E-state index in [2.05, 4.69) is 25.5 Å². The molecule has 0 aliphatic rings. The van der Waals surface area contributed by atoms with Crippen molar-refractivity contribution in [1.82, 2.24) is 20.2 Å². The maximum atomic E-state index is 10.9. The van der Waals surface area contributed by atoms with Gasteiger partial charge >= 0.3 is 5.97 Å². The number of carboxylic acids is 1. The molecule has 0 radical (unpaired) electrons. The molecular formula is C13H9N5O2. The van der Waals surface area contributed by atoms with E-state index < -0.39 is 5.97 Å². The highest BCUT2D eigenvalue weighted by molar-refractivity contribution is 5.92. The van der Waals surface area contributed by atoms with Crippen molar-refractivity contribution in [1.29, 1.82) is 0 Å². The number of nitrogens with one attached hydrogen (secondary N) is 1. The van der Waals surface area contributed by atoms with Crippen LogP contribution in [-0.2, 0) is 0 Å². The van der Waals surface area contributed by atoms with Gasteiger partial charge in [-0.3, -0.25) is 4.98 Å². The molecule has 0 spiro atoms. The summed E-state index contributed by atoms with van der Waals surface area (Å²) in [6.45, 7) is 0. The van der Waals surface area contributed by atoms with Crippen molar-refractivity contribution in [3.8, 4) is 0 Å². The standard InChI is InChI=1S/C13H9N5O2/c19-12(20)8-3-4-10-11(6-8)17-18-13(16-10)15-9-2-1-5-14-7-9/h1-7H,(H,19,20)(H,15,16,18). The van der Waals surface area contributed by atoms with Crippen LogP contribution in [0.2, 0.25) is 0 Å². The number of rotatable bonds is 3. The van der Waals surface area contributed by atoms with Gasteiger partial charge in [0, 0.05) is 6.20 Å². The normalized spacial score (nSPS) is 10.4. The highest BCUT2D eigenvalue weighted by Gasteiger charge is 2.07. The number of carboxylic acid groups (broad SMARTS) is 1. The van der Waals surface area contributed by atoms with Crippen molar-refractivity contribution < 1.29 is 9.90 Å². The zero-order valence-electron chi connectivity index (χ0n) is 10.2. The first-order valence-corrected chi connectivity index (χ1v) is 5.77. The maximum absolute atomic E-state index is 10.9. The molecule has 2 N–H and O–H groups in total. The molecule has 0 saturated carbocycles. The summed E-state index contributed by atoms with van der Waals surface area (Å²) < 4.78 is 0. The van der Waals surface area contributed by atoms with Gasteiger partial charge in [0.05, 0.1) is 23.0 Å². The molecule has 0 atom stereocenters. The van der Waals surface area contributed by atoms with E-state index in [9.17, 15) is 4.79 Å². The van der Waals surface area contributed by atoms with Crippen molar-refractivity contribution in [2.75, 3.05) is 5.32 Å². The molecule has 20 heavy (non-hydrogen) atoms. The Hall–Kier alpha value is -3.09. The lowest BCUT2D eigenvalue weighted by Crippen LogP contribution is -2.01. The van der Waals surface area contributed by atoms with E-state index in [0.717, 1.165) is 5.69 Å². The lowest BCUT2D eigenvalue weighted by molar-refractivity contribution is 0.0697. The molecule has 0 aliphatic carbocycles. The Morgan fingerprint density at radius 2 is 2.05 bits per heavy atom. The monoisotopic (exact) mass is 267 g/mol. The maximum Gasteiger partial charge on any atom is 0.335 e. The molecule has 0 bridgehead atoms. The predicted octanol–water partition coefficient (Wildman–Crippen LogP) is 1.86. The molecule has 7 nitrogen and oxygen atoms in total. The predicted molar refractivity (Wildman–Crippen MR) is 71.8 cm³/mol. The fraction of sp³-hybridized carbons (Fsp3) is 0. The number of hydrogen-bond acceptors (Lipinski definition) is 6. The number of pyridine rings is 1. The molecule has 2 aromatic heterocycles. The number of aromatic carboxylic acids is 1. The summed E-state index contributed by atoms with van der Waals surface area (Å²) in [6.07, 6.45) is 3.30. The van der Waals surface area contributed by atoms with Crippen molar-refractivity contribution in [2.45, 2.75) is 0 Å². The Bertz CT molecular complexity index is 776. The quantitative estimate of drug-likeness (QED) is 0.746. The van der Waals surface area contributed by atoms with Gasteiger partial charge in [-0.05, 0) is 30.3 Å². The topological polar surface area (TPSA) is 101 Å². The summed E-state index contributed by atoms with van der Waals surface area (Å²) in [7, 11) is 0. The number of carbonyl (C=O) groups is 1. The second kappa shape index (κ2) is 4.88. The first-order chi connectivity index (χ1) is 9.72. The number of aromatic nitrogens is 4. The SMILES string of the molecule is O=C(O)c1ccc2nc(Nc3cccnc3)nnc2c1. The number of hydrogen-bond donors (Lipinski definition) is 2. The van der Waals surface area contributed by atoms with Crippen LogP contribution in [0.15, 0.2) is 42.7 Å². The minimum Gasteiger partial charge on any atom is -0.478 e. The minimum atomic E-state index is -1.01. The largest absolute Gasteiger partial charge is 0.478 e. The van der Waals surface area contributed by atoms with Crippen LogP contribution in [0.3, 0.4) is 0 Å². The first kappa shape index (κ1) is 12.0. The van der Waals surface area contributed by atoms with E-state index in [4.69, 9.17) is 5.11 Å². The van der Waals surface area contributed by atoms with Gasteiger partial charge in [0.1, 0.15) is 5.52 Å².